The van der Waals surface area contributed by atoms with E-state index >= 15 is 0 Å². The molecule has 0 radical (unpaired) electrons. The molecule has 1 N–H and O–H groups in total. The van der Waals surface area contributed by atoms with Crippen molar-refractivity contribution in [3.8, 4) is 0 Å². The second-order valence-corrected chi connectivity index (χ2v) is 5.40. The number of hydrogen-bond acceptors (Lipinski definition) is 5. The molecule has 1 saturated heterocycles. The van der Waals surface area contributed by atoms with Crippen molar-refractivity contribution < 1.29 is 0 Å². The topological polar surface area (TPSA) is 44.3 Å². The van der Waals surface area contributed by atoms with E-state index in [9.17, 15) is 0 Å². The van der Waals surface area contributed by atoms with E-state index in [0.717, 1.165) is 37.7 Å². The summed E-state index contributed by atoms with van der Waals surface area (Å²) in [6, 6.07) is 0.573. The molecule has 1 aromatic rings. The maximum absolute atomic E-state index is 4.58. The molecule has 106 valence electrons. The van der Waals surface area contributed by atoms with Crippen molar-refractivity contribution >= 4 is 5.82 Å². The molecule has 0 amide bonds. The number of hydrogen-bond donors (Lipinski definition) is 1. The second kappa shape index (κ2) is 6.82. The standard InChI is InChI=1S/C14H25N5/c1-4-15-8-12-9-17-14(10-16-12)19-7-5-6-13(19)11-18(2)3/h9-10,13,15H,4-8,11H2,1-3H3. The first-order valence-electron chi connectivity index (χ1n) is 7.13. The fourth-order valence-electron chi connectivity index (χ4n) is 2.59. The van der Waals surface area contributed by atoms with Gasteiger partial charge in [-0.1, -0.05) is 6.92 Å². The average molecular weight is 263 g/mol. The fourth-order valence-corrected chi connectivity index (χ4v) is 2.59. The zero-order valence-electron chi connectivity index (χ0n) is 12.3. The van der Waals surface area contributed by atoms with Gasteiger partial charge in [-0.2, -0.15) is 0 Å². The van der Waals surface area contributed by atoms with Gasteiger partial charge in [0.1, 0.15) is 5.82 Å². The molecule has 2 heterocycles. The minimum absolute atomic E-state index is 0.573. The van der Waals surface area contributed by atoms with Crippen LogP contribution in [-0.4, -0.2) is 54.6 Å². The Hall–Kier alpha value is -1.20. The average Bonchev–Trinajstić information content (AvgIpc) is 2.84. The minimum Gasteiger partial charge on any atom is -0.351 e. The number of likely N-dealkylation sites (N-methyl/N-ethyl adjacent to an activating group) is 1. The lowest BCUT2D eigenvalue weighted by atomic mass is 10.2. The van der Waals surface area contributed by atoms with Gasteiger partial charge < -0.3 is 15.1 Å². The number of nitrogens with one attached hydrogen (secondary N) is 1. The number of aromatic nitrogens is 2. The smallest absolute Gasteiger partial charge is 0.147 e. The Kier molecular flexibility index (Phi) is 5.10. The Morgan fingerprint density at radius 3 is 2.84 bits per heavy atom. The molecule has 5 heteroatoms. The van der Waals surface area contributed by atoms with Gasteiger partial charge in [0, 0.05) is 25.7 Å². The molecule has 2 rings (SSSR count). The lowest BCUT2D eigenvalue weighted by Crippen LogP contribution is -2.38. The van der Waals surface area contributed by atoms with Gasteiger partial charge in [-0.3, -0.25) is 4.98 Å². The summed E-state index contributed by atoms with van der Waals surface area (Å²) in [5, 5.41) is 3.27. The lowest BCUT2D eigenvalue weighted by Gasteiger charge is -2.27. The maximum atomic E-state index is 4.58. The summed E-state index contributed by atoms with van der Waals surface area (Å²) in [5.41, 5.74) is 1.01. The monoisotopic (exact) mass is 263 g/mol. The zero-order chi connectivity index (χ0) is 13.7. The highest BCUT2D eigenvalue weighted by Crippen LogP contribution is 2.23. The minimum atomic E-state index is 0.573. The zero-order valence-corrected chi connectivity index (χ0v) is 12.3. The predicted molar refractivity (Wildman–Crippen MR) is 78.3 cm³/mol. The molecule has 0 spiro atoms. The van der Waals surface area contributed by atoms with Crippen LogP contribution in [0.25, 0.3) is 0 Å². The van der Waals surface area contributed by atoms with Gasteiger partial charge in [0.2, 0.25) is 0 Å². The van der Waals surface area contributed by atoms with Crippen LogP contribution in [0.2, 0.25) is 0 Å². The van der Waals surface area contributed by atoms with E-state index in [1.54, 1.807) is 0 Å². The summed E-state index contributed by atoms with van der Waals surface area (Å²) in [6.45, 7) is 6.03. The molecule has 5 nitrogen and oxygen atoms in total. The summed E-state index contributed by atoms with van der Waals surface area (Å²) in [6.07, 6.45) is 6.31. The van der Waals surface area contributed by atoms with E-state index in [0.29, 0.717) is 6.04 Å². The molecule has 0 bridgehead atoms. The Bertz CT molecular complexity index is 376. The van der Waals surface area contributed by atoms with Crippen molar-refractivity contribution in [2.75, 3.05) is 38.6 Å². The lowest BCUT2D eigenvalue weighted by molar-refractivity contribution is 0.371. The molecule has 0 aromatic carbocycles. The highest BCUT2D eigenvalue weighted by atomic mass is 15.3. The van der Waals surface area contributed by atoms with Gasteiger partial charge in [-0.15, -0.1) is 0 Å². The van der Waals surface area contributed by atoms with Gasteiger partial charge in [0.05, 0.1) is 18.1 Å². The van der Waals surface area contributed by atoms with E-state index in [4.69, 9.17) is 0 Å². The molecule has 19 heavy (non-hydrogen) atoms. The van der Waals surface area contributed by atoms with Gasteiger partial charge in [0.15, 0.2) is 0 Å². The number of rotatable bonds is 6. The Morgan fingerprint density at radius 2 is 2.21 bits per heavy atom. The largest absolute Gasteiger partial charge is 0.351 e. The van der Waals surface area contributed by atoms with Crippen LogP contribution in [-0.2, 0) is 6.54 Å². The van der Waals surface area contributed by atoms with E-state index in [1.165, 1.54) is 12.8 Å². The Balaban J connectivity index is 2.00. The van der Waals surface area contributed by atoms with Crippen LogP contribution in [0.3, 0.4) is 0 Å². The van der Waals surface area contributed by atoms with Crippen molar-refractivity contribution in [1.82, 2.24) is 20.2 Å². The molecular weight excluding hydrogens is 238 g/mol. The summed E-state index contributed by atoms with van der Waals surface area (Å²) in [7, 11) is 4.25. The SMILES string of the molecule is CCNCc1cnc(N2CCCC2CN(C)C)cn1. The molecule has 0 saturated carbocycles. The molecule has 1 fully saturated rings. The van der Waals surface area contributed by atoms with Gasteiger partial charge in [0.25, 0.3) is 0 Å². The molecule has 1 unspecified atom stereocenters. The molecule has 0 aliphatic carbocycles. The van der Waals surface area contributed by atoms with E-state index in [-0.39, 0.29) is 0 Å². The molecule has 1 atom stereocenters. The van der Waals surface area contributed by atoms with E-state index < -0.39 is 0 Å². The second-order valence-electron chi connectivity index (χ2n) is 5.40. The van der Waals surface area contributed by atoms with Crippen LogP contribution in [0.1, 0.15) is 25.5 Å². The molecule has 1 aliphatic heterocycles. The normalized spacial score (nSPS) is 19.4. The van der Waals surface area contributed by atoms with Crippen molar-refractivity contribution in [2.24, 2.45) is 0 Å². The van der Waals surface area contributed by atoms with Crippen LogP contribution in [0.15, 0.2) is 12.4 Å². The van der Waals surface area contributed by atoms with Crippen LogP contribution in [0.5, 0.6) is 0 Å². The van der Waals surface area contributed by atoms with Crippen LogP contribution in [0, 0.1) is 0 Å². The first-order valence-corrected chi connectivity index (χ1v) is 7.13. The van der Waals surface area contributed by atoms with Crippen LogP contribution < -0.4 is 10.2 Å². The fraction of sp³-hybridized carbons (Fsp3) is 0.714. The first-order chi connectivity index (χ1) is 9.20. The van der Waals surface area contributed by atoms with Gasteiger partial charge in [-0.25, -0.2) is 4.98 Å². The quantitative estimate of drug-likeness (QED) is 0.833. The van der Waals surface area contributed by atoms with Crippen molar-refractivity contribution in [1.29, 1.82) is 0 Å². The van der Waals surface area contributed by atoms with E-state index in [1.807, 2.05) is 12.4 Å². The predicted octanol–water partition coefficient (Wildman–Crippen LogP) is 1.12. The number of anilines is 1. The molecule has 1 aliphatic rings. The highest BCUT2D eigenvalue weighted by Gasteiger charge is 2.26. The maximum Gasteiger partial charge on any atom is 0.147 e. The Morgan fingerprint density at radius 1 is 1.37 bits per heavy atom. The van der Waals surface area contributed by atoms with Gasteiger partial charge >= 0.3 is 0 Å². The summed E-state index contributed by atoms with van der Waals surface area (Å²) in [5.74, 6) is 1.02. The van der Waals surface area contributed by atoms with Crippen molar-refractivity contribution in [2.45, 2.75) is 32.4 Å². The molecular formula is C14H25N5. The van der Waals surface area contributed by atoms with Crippen molar-refractivity contribution in [3.05, 3.63) is 18.1 Å². The summed E-state index contributed by atoms with van der Waals surface area (Å²) in [4.78, 5) is 13.7. The molecule has 1 aromatic heterocycles. The summed E-state index contributed by atoms with van der Waals surface area (Å²) >= 11 is 0. The third kappa shape index (κ3) is 3.88. The van der Waals surface area contributed by atoms with Gasteiger partial charge in [-0.05, 0) is 33.5 Å². The van der Waals surface area contributed by atoms with E-state index in [2.05, 4.69) is 46.1 Å². The third-order valence-corrected chi connectivity index (χ3v) is 3.50. The van der Waals surface area contributed by atoms with Crippen molar-refractivity contribution in [3.63, 3.8) is 0 Å². The number of nitrogens with zero attached hydrogens (tertiary/aromatic N) is 4. The van der Waals surface area contributed by atoms with Crippen LogP contribution >= 0.6 is 0 Å². The Labute approximate surface area is 116 Å². The highest BCUT2D eigenvalue weighted by molar-refractivity contribution is 5.39. The third-order valence-electron chi connectivity index (χ3n) is 3.50. The van der Waals surface area contributed by atoms with Crippen LogP contribution in [0.4, 0.5) is 5.82 Å². The summed E-state index contributed by atoms with van der Waals surface area (Å²) < 4.78 is 0. The first kappa shape index (κ1) is 14.2.